The fourth-order valence-electron chi connectivity index (χ4n) is 2.67. The number of hydrogen-bond donors (Lipinski definition) is 2. The molecule has 1 aromatic carbocycles. The predicted octanol–water partition coefficient (Wildman–Crippen LogP) is 2.08. The largest absolute Gasteiger partial charge is 0.385 e. The fraction of sp³-hybridized carbons (Fsp3) is 0.312. The average Bonchev–Trinajstić information content (AvgIpc) is 3.03. The lowest BCUT2D eigenvalue weighted by molar-refractivity contribution is -0.0145. The van der Waals surface area contributed by atoms with Crippen molar-refractivity contribution in [2.75, 3.05) is 18.5 Å². The molecule has 1 atom stereocenters. The Bertz CT molecular complexity index is 873. The molecule has 2 aromatic rings. The minimum absolute atomic E-state index is 0. The SMILES string of the molecule is Cl.Cn1ccc(C(=O)Nc2ccc(F)c([C@]3(C(F)F)COCC(N)=N3)c2)n1. The summed E-state index contributed by atoms with van der Waals surface area (Å²) in [7, 11) is 1.64. The van der Waals surface area contributed by atoms with Gasteiger partial charge in [-0.25, -0.2) is 13.2 Å². The van der Waals surface area contributed by atoms with E-state index >= 15 is 0 Å². The third-order valence-corrected chi connectivity index (χ3v) is 3.91. The van der Waals surface area contributed by atoms with Gasteiger partial charge in [0.05, 0.1) is 6.61 Å². The van der Waals surface area contributed by atoms with E-state index in [4.69, 9.17) is 10.5 Å². The van der Waals surface area contributed by atoms with Gasteiger partial charge in [0, 0.05) is 24.5 Å². The Labute approximate surface area is 158 Å². The van der Waals surface area contributed by atoms with Crippen LogP contribution in [0.4, 0.5) is 18.9 Å². The van der Waals surface area contributed by atoms with Crippen molar-refractivity contribution >= 4 is 29.8 Å². The molecular weight excluding hydrogens is 387 g/mol. The van der Waals surface area contributed by atoms with Crippen LogP contribution in [0.3, 0.4) is 0 Å². The van der Waals surface area contributed by atoms with Gasteiger partial charge in [-0.3, -0.25) is 14.5 Å². The van der Waals surface area contributed by atoms with E-state index in [2.05, 4.69) is 15.4 Å². The van der Waals surface area contributed by atoms with Gasteiger partial charge in [0.15, 0.2) is 11.2 Å². The van der Waals surface area contributed by atoms with Crippen molar-refractivity contribution in [3.8, 4) is 0 Å². The molecule has 0 unspecified atom stereocenters. The Hall–Kier alpha value is -2.59. The number of aromatic nitrogens is 2. The molecule has 3 N–H and O–H groups in total. The number of halogens is 4. The highest BCUT2D eigenvalue weighted by Crippen LogP contribution is 2.37. The molecule has 0 bridgehead atoms. The number of nitrogens with two attached hydrogens (primary N) is 1. The van der Waals surface area contributed by atoms with E-state index in [1.165, 1.54) is 16.8 Å². The Kier molecular flexibility index (Phi) is 6.11. The number of rotatable bonds is 4. The second-order valence-electron chi connectivity index (χ2n) is 5.84. The second kappa shape index (κ2) is 7.97. The van der Waals surface area contributed by atoms with Gasteiger partial charge in [-0.15, -0.1) is 12.4 Å². The first-order chi connectivity index (χ1) is 12.3. The molecule has 2 heterocycles. The van der Waals surface area contributed by atoms with Crippen molar-refractivity contribution in [2.24, 2.45) is 17.8 Å². The zero-order valence-electron chi connectivity index (χ0n) is 14.2. The lowest BCUT2D eigenvalue weighted by atomic mass is 9.90. The van der Waals surface area contributed by atoms with E-state index in [-0.39, 0.29) is 36.2 Å². The number of anilines is 1. The minimum atomic E-state index is -3.06. The van der Waals surface area contributed by atoms with E-state index in [0.717, 1.165) is 12.1 Å². The molecule has 146 valence electrons. The van der Waals surface area contributed by atoms with Crippen molar-refractivity contribution in [3.63, 3.8) is 0 Å². The number of amides is 1. The molecule has 0 spiro atoms. The van der Waals surface area contributed by atoms with Crippen LogP contribution in [0.2, 0.25) is 0 Å². The number of alkyl halides is 2. The van der Waals surface area contributed by atoms with Crippen molar-refractivity contribution in [1.29, 1.82) is 0 Å². The van der Waals surface area contributed by atoms with Gasteiger partial charge in [0.1, 0.15) is 18.3 Å². The van der Waals surface area contributed by atoms with Crippen molar-refractivity contribution < 1.29 is 22.7 Å². The van der Waals surface area contributed by atoms with Crippen LogP contribution in [0.15, 0.2) is 35.5 Å². The Balaban J connectivity index is 0.00000261. The quantitative estimate of drug-likeness (QED) is 0.817. The minimum Gasteiger partial charge on any atom is -0.385 e. The highest BCUT2D eigenvalue weighted by Gasteiger charge is 2.46. The summed E-state index contributed by atoms with van der Waals surface area (Å²) in [5, 5.41) is 6.44. The maximum absolute atomic E-state index is 14.3. The average molecular weight is 404 g/mol. The Morgan fingerprint density at radius 1 is 1.41 bits per heavy atom. The molecule has 0 aliphatic carbocycles. The van der Waals surface area contributed by atoms with E-state index in [1.54, 1.807) is 13.2 Å². The lowest BCUT2D eigenvalue weighted by Gasteiger charge is -2.33. The monoisotopic (exact) mass is 403 g/mol. The molecule has 1 amide bonds. The summed E-state index contributed by atoms with van der Waals surface area (Å²) in [4.78, 5) is 15.9. The fourth-order valence-corrected chi connectivity index (χ4v) is 2.67. The highest BCUT2D eigenvalue weighted by molar-refractivity contribution is 6.02. The number of carbonyl (C=O) groups is 1. The normalized spacial score (nSPS) is 19.4. The van der Waals surface area contributed by atoms with Crippen LogP contribution in [-0.2, 0) is 17.3 Å². The van der Waals surface area contributed by atoms with Gasteiger partial charge in [0.25, 0.3) is 12.3 Å². The van der Waals surface area contributed by atoms with E-state index in [9.17, 15) is 18.0 Å². The summed E-state index contributed by atoms with van der Waals surface area (Å²) in [5.41, 5.74) is 3.10. The molecule has 1 aliphatic heterocycles. The van der Waals surface area contributed by atoms with Gasteiger partial charge < -0.3 is 15.8 Å². The number of carbonyl (C=O) groups excluding carboxylic acids is 1. The third-order valence-electron chi connectivity index (χ3n) is 3.91. The summed E-state index contributed by atoms with van der Waals surface area (Å²) in [6.45, 7) is -0.633. The number of aryl methyl sites for hydroxylation is 1. The number of ether oxygens (including phenoxy) is 1. The van der Waals surface area contributed by atoms with Crippen LogP contribution < -0.4 is 11.1 Å². The Morgan fingerprint density at radius 3 is 2.74 bits per heavy atom. The summed E-state index contributed by atoms with van der Waals surface area (Å²) in [5.74, 6) is -1.61. The van der Waals surface area contributed by atoms with Gasteiger partial charge >= 0.3 is 0 Å². The molecule has 0 saturated carbocycles. The molecule has 3 rings (SSSR count). The number of amidine groups is 1. The first kappa shape index (κ1) is 20.7. The molecule has 7 nitrogen and oxygen atoms in total. The maximum atomic E-state index is 14.3. The highest BCUT2D eigenvalue weighted by atomic mass is 35.5. The van der Waals surface area contributed by atoms with Crippen LogP contribution in [0, 0.1) is 5.82 Å². The van der Waals surface area contributed by atoms with Crippen LogP contribution in [-0.4, -0.2) is 41.2 Å². The van der Waals surface area contributed by atoms with Crippen molar-refractivity contribution in [3.05, 3.63) is 47.5 Å². The summed E-state index contributed by atoms with van der Waals surface area (Å²) >= 11 is 0. The van der Waals surface area contributed by atoms with Gasteiger partial charge in [-0.05, 0) is 24.3 Å². The Morgan fingerprint density at radius 2 is 2.15 bits per heavy atom. The number of benzene rings is 1. The van der Waals surface area contributed by atoms with Crippen LogP contribution in [0.1, 0.15) is 16.1 Å². The summed E-state index contributed by atoms with van der Waals surface area (Å²) < 4.78 is 48.4. The van der Waals surface area contributed by atoms with Gasteiger partial charge in [-0.1, -0.05) is 0 Å². The molecule has 0 saturated heterocycles. The molecule has 11 heteroatoms. The van der Waals surface area contributed by atoms with E-state index < -0.39 is 35.9 Å². The molecule has 1 aromatic heterocycles. The van der Waals surface area contributed by atoms with E-state index in [0.29, 0.717) is 0 Å². The predicted molar refractivity (Wildman–Crippen MR) is 94.9 cm³/mol. The van der Waals surface area contributed by atoms with Crippen molar-refractivity contribution in [1.82, 2.24) is 9.78 Å². The zero-order chi connectivity index (χ0) is 18.9. The molecule has 0 fully saturated rings. The number of nitrogens with zero attached hydrogens (tertiary/aromatic N) is 3. The number of aliphatic imine (C=N–C) groups is 1. The van der Waals surface area contributed by atoms with E-state index in [1.807, 2.05) is 0 Å². The lowest BCUT2D eigenvalue weighted by Crippen LogP contribution is -2.45. The molecular formula is C16H17ClF3N5O2. The van der Waals surface area contributed by atoms with Gasteiger partial charge in [0.2, 0.25) is 0 Å². The standard InChI is InChI=1S/C16H16F3N5O2.ClH/c1-24-5-4-12(23-24)14(25)21-9-2-3-11(17)10(6-9)16(15(18)19)8-26-7-13(20)22-16;/h2-6,15H,7-8H2,1H3,(H2,20,22)(H,21,25);1H/t16-;/m0./s1. The smallest absolute Gasteiger partial charge is 0.276 e. The van der Waals surface area contributed by atoms with Crippen LogP contribution in [0.5, 0.6) is 0 Å². The summed E-state index contributed by atoms with van der Waals surface area (Å²) in [6, 6.07) is 4.83. The number of nitrogens with one attached hydrogen (secondary N) is 1. The number of hydrogen-bond acceptors (Lipinski definition) is 5. The second-order valence-corrected chi connectivity index (χ2v) is 5.84. The summed E-state index contributed by atoms with van der Waals surface area (Å²) in [6.07, 6.45) is -1.48. The third kappa shape index (κ3) is 4.06. The van der Waals surface area contributed by atoms with Crippen LogP contribution >= 0.6 is 12.4 Å². The maximum Gasteiger partial charge on any atom is 0.276 e. The topological polar surface area (TPSA) is 94.5 Å². The molecule has 0 radical (unpaired) electrons. The van der Waals surface area contributed by atoms with Crippen LogP contribution in [0.25, 0.3) is 0 Å². The molecule has 27 heavy (non-hydrogen) atoms. The molecule has 1 aliphatic rings. The van der Waals surface area contributed by atoms with Gasteiger partial charge in [-0.2, -0.15) is 5.10 Å². The first-order valence-corrected chi connectivity index (χ1v) is 7.63. The zero-order valence-corrected chi connectivity index (χ0v) is 15.0. The first-order valence-electron chi connectivity index (χ1n) is 7.63. The van der Waals surface area contributed by atoms with Crippen molar-refractivity contribution in [2.45, 2.75) is 12.0 Å².